The van der Waals surface area contributed by atoms with Crippen LogP contribution in [0.2, 0.25) is 0 Å². The lowest BCUT2D eigenvalue weighted by Gasteiger charge is -2.10. The van der Waals surface area contributed by atoms with Crippen LogP contribution in [0.25, 0.3) is 53.2 Å². The van der Waals surface area contributed by atoms with Gasteiger partial charge in [0.1, 0.15) is 0 Å². The summed E-state index contributed by atoms with van der Waals surface area (Å²) in [5, 5.41) is 8.93. The molecule has 6 aromatic carbocycles. The summed E-state index contributed by atoms with van der Waals surface area (Å²) in [6.07, 6.45) is 0. The van der Waals surface area contributed by atoms with Crippen molar-refractivity contribution in [3.63, 3.8) is 0 Å². The molecular weight excluding hydrogens is 454 g/mol. The highest BCUT2D eigenvalue weighted by atomic mass is 32.1. The molecule has 0 saturated carbocycles. The van der Waals surface area contributed by atoms with E-state index in [1.54, 1.807) is 0 Å². The SMILES string of the molecule is c1ccc(-c2cccc(-c3ccc(Nc4cccc5c4sc4c6ccccc6ccc54)cc3)c2)cc1. The fourth-order valence-corrected chi connectivity index (χ4v) is 6.34. The summed E-state index contributed by atoms with van der Waals surface area (Å²) in [6.45, 7) is 0. The highest BCUT2D eigenvalue weighted by Crippen LogP contribution is 2.42. The molecule has 0 unspecified atom stereocenters. The third-order valence-corrected chi connectivity index (χ3v) is 8.14. The van der Waals surface area contributed by atoms with Crippen molar-refractivity contribution in [2.24, 2.45) is 0 Å². The van der Waals surface area contributed by atoms with Gasteiger partial charge in [-0.2, -0.15) is 0 Å². The maximum absolute atomic E-state index is 3.68. The summed E-state index contributed by atoms with van der Waals surface area (Å²) in [6, 6.07) is 47.7. The highest BCUT2D eigenvalue weighted by molar-refractivity contribution is 7.27. The third kappa shape index (κ3) is 3.64. The van der Waals surface area contributed by atoms with Crippen LogP contribution in [0.3, 0.4) is 0 Å². The number of benzene rings is 6. The van der Waals surface area contributed by atoms with E-state index in [1.165, 1.54) is 53.2 Å². The van der Waals surface area contributed by atoms with Crippen molar-refractivity contribution < 1.29 is 0 Å². The Bertz CT molecular complexity index is 1850. The zero-order valence-corrected chi connectivity index (χ0v) is 20.4. The Labute approximate surface area is 214 Å². The van der Waals surface area contributed by atoms with Gasteiger partial charge < -0.3 is 5.32 Å². The molecule has 0 bridgehead atoms. The lowest BCUT2D eigenvalue weighted by Crippen LogP contribution is -1.90. The maximum atomic E-state index is 3.68. The average Bonchev–Trinajstić information content (AvgIpc) is 3.34. The van der Waals surface area contributed by atoms with E-state index in [0.29, 0.717) is 0 Å². The number of thiophene rings is 1. The van der Waals surface area contributed by atoms with Crippen LogP contribution in [-0.4, -0.2) is 0 Å². The largest absolute Gasteiger partial charge is 0.354 e. The van der Waals surface area contributed by atoms with Crippen LogP contribution in [0.15, 0.2) is 133 Å². The minimum atomic E-state index is 1.09. The summed E-state index contributed by atoms with van der Waals surface area (Å²) >= 11 is 1.87. The van der Waals surface area contributed by atoms with Crippen molar-refractivity contribution in [3.8, 4) is 22.3 Å². The van der Waals surface area contributed by atoms with Crippen LogP contribution in [0.1, 0.15) is 0 Å². The number of fused-ring (bicyclic) bond motifs is 5. The van der Waals surface area contributed by atoms with Gasteiger partial charge in [0.05, 0.1) is 10.4 Å². The maximum Gasteiger partial charge on any atom is 0.0590 e. The van der Waals surface area contributed by atoms with E-state index >= 15 is 0 Å². The van der Waals surface area contributed by atoms with Crippen LogP contribution >= 0.6 is 11.3 Å². The van der Waals surface area contributed by atoms with Gasteiger partial charge in [-0.25, -0.2) is 0 Å². The van der Waals surface area contributed by atoms with Gasteiger partial charge in [-0.3, -0.25) is 0 Å². The fourth-order valence-electron chi connectivity index (χ4n) is 5.04. The van der Waals surface area contributed by atoms with Crippen LogP contribution in [0.4, 0.5) is 11.4 Å². The Kier molecular flexibility index (Phi) is 5.04. The Morgan fingerprint density at radius 2 is 1.06 bits per heavy atom. The van der Waals surface area contributed by atoms with Crippen molar-refractivity contribution in [1.82, 2.24) is 0 Å². The van der Waals surface area contributed by atoms with E-state index in [9.17, 15) is 0 Å². The quantitative estimate of drug-likeness (QED) is 0.266. The van der Waals surface area contributed by atoms with Crippen LogP contribution in [-0.2, 0) is 0 Å². The molecule has 1 nitrogen and oxygen atoms in total. The number of hydrogen-bond donors (Lipinski definition) is 1. The molecule has 1 aromatic heterocycles. The molecule has 0 atom stereocenters. The second-order valence-corrected chi connectivity index (χ2v) is 10.1. The molecular formula is C34H23NS. The number of hydrogen-bond acceptors (Lipinski definition) is 2. The average molecular weight is 478 g/mol. The Morgan fingerprint density at radius 1 is 0.417 bits per heavy atom. The second-order valence-electron chi connectivity index (χ2n) is 9.10. The second kappa shape index (κ2) is 8.67. The molecule has 170 valence electrons. The zero-order valence-electron chi connectivity index (χ0n) is 19.6. The van der Waals surface area contributed by atoms with Crippen molar-refractivity contribution in [2.75, 3.05) is 5.32 Å². The van der Waals surface area contributed by atoms with Crippen molar-refractivity contribution >= 4 is 53.7 Å². The van der Waals surface area contributed by atoms with E-state index in [2.05, 4.69) is 139 Å². The number of anilines is 2. The molecule has 0 aliphatic heterocycles. The Balaban J connectivity index is 1.23. The summed E-state index contributed by atoms with van der Waals surface area (Å²) in [5.74, 6) is 0. The van der Waals surface area contributed by atoms with Gasteiger partial charge in [-0.05, 0) is 57.3 Å². The predicted molar refractivity (Wildman–Crippen MR) is 157 cm³/mol. The standard InChI is InChI=1S/C34H23NS/c1-2-8-23(9-3-1)26-11-6-12-27(22-26)24-16-19-28(20-17-24)35-32-15-7-14-30-31-21-18-25-10-4-5-13-29(25)33(31)36-34(30)32/h1-22,35H. The first kappa shape index (κ1) is 20.9. The molecule has 7 rings (SSSR count). The number of rotatable bonds is 4. The summed E-state index contributed by atoms with van der Waals surface area (Å²) in [4.78, 5) is 0. The molecule has 0 aliphatic rings. The lowest BCUT2D eigenvalue weighted by atomic mass is 9.99. The Hall–Kier alpha value is -4.40. The molecule has 36 heavy (non-hydrogen) atoms. The molecule has 0 amide bonds. The van der Waals surface area contributed by atoms with E-state index in [0.717, 1.165) is 11.4 Å². The molecule has 0 fully saturated rings. The topological polar surface area (TPSA) is 12.0 Å². The Morgan fingerprint density at radius 3 is 1.89 bits per heavy atom. The van der Waals surface area contributed by atoms with Gasteiger partial charge >= 0.3 is 0 Å². The fraction of sp³-hybridized carbons (Fsp3) is 0. The monoisotopic (exact) mass is 477 g/mol. The van der Waals surface area contributed by atoms with Gasteiger partial charge in [-0.1, -0.05) is 109 Å². The van der Waals surface area contributed by atoms with E-state index < -0.39 is 0 Å². The number of nitrogens with one attached hydrogen (secondary N) is 1. The zero-order chi connectivity index (χ0) is 23.9. The first-order chi connectivity index (χ1) is 17.8. The van der Waals surface area contributed by atoms with Gasteiger partial charge in [0.2, 0.25) is 0 Å². The molecule has 7 aromatic rings. The summed E-state index contributed by atoms with van der Waals surface area (Å²) in [5.41, 5.74) is 7.15. The molecule has 0 aliphatic carbocycles. The van der Waals surface area contributed by atoms with Crippen molar-refractivity contribution in [1.29, 1.82) is 0 Å². The van der Waals surface area contributed by atoms with Gasteiger partial charge in [0, 0.05) is 21.2 Å². The molecule has 2 heteroatoms. The minimum absolute atomic E-state index is 1.09. The van der Waals surface area contributed by atoms with Gasteiger partial charge in [-0.15, -0.1) is 11.3 Å². The first-order valence-corrected chi connectivity index (χ1v) is 13.0. The molecule has 0 saturated heterocycles. The molecule has 0 radical (unpaired) electrons. The minimum Gasteiger partial charge on any atom is -0.354 e. The normalized spacial score (nSPS) is 11.3. The summed E-state index contributed by atoms with van der Waals surface area (Å²) < 4.78 is 2.65. The van der Waals surface area contributed by atoms with Crippen molar-refractivity contribution in [2.45, 2.75) is 0 Å². The van der Waals surface area contributed by atoms with Crippen LogP contribution in [0.5, 0.6) is 0 Å². The van der Waals surface area contributed by atoms with E-state index in [1.807, 2.05) is 11.3 Å². The highest BCUT2D eigenvalue weighted by Gasteiger charge is 2.11. The van der Waals surface area contributed by atoms with Crippen LogP contribution < -0.4 is 5.32 Å². The molecule has 1 heterocycles. The molecule has 0 spiro atoms. The van der Waals surface area contributed by atoms with Gasteiger partial charge in [0.25, 0.3) is 0 Å². The lowest BCUT2D eigenvalue weighted by molar-refractivity contribution is 1.56. The predicted octanol–water partition coefficient (Wildman–Crippen LogP) is 10.3. The van der Waals surface area contributed by atoms with E-state index in [-0.39, 0.29) is 0 Å². The third-order valence-electron chi connectivity index (χ3n) is 6.86. The van der Waals surface area contributed by atoms with Crippen LogP contribution in [0, 0.1) is 0 Å². The summed E-state index contributed by atoms with van der Waals surface area (Å²) in [7, 11) is 0. The van der Waals surface area contributed by atoms with E-state index in [4.69, 9.17) is 0 Å². The molecule has 1 N–H and O–H groups in total. The smallest absolute Gasteiger partial charge is 0.0590 e. The van der Waals surface area contributed by atoms with Gasteiger partial charge in [0.15, 0.2) is 0 Å². The van der Waals surface area contributed by atoms with Crippen molar-refractivity contribution in [3.05, 3.63) is 133 Å². The first-order valence-electron chi connectivity index (χ1n) is 12.2.